The monoisotopic (exact) mass is 582 g/mol. The highest BCUT2D eigenvalue weighted by Gasteiger charge is 2.37. The van der Waals surface area contributed by atoms with Crippen molar-refractivity contribution in [2.24, 2.45) is 5.92 Å². The summed E-state index contributed by atoms with van der Waals surface area (Å²) in [6.45, 7) is 3.14. The van der Waals surface area contributed by atoms with Gasteiger partial charge < -0.3 is 0 Å². The summed E-state index contributed by atoms with van der Waals surface area (Å²) in [5.74, 6) is -1.41. The quantitative estimate of drug-likeness (QED) is 0.296. The molecule has 204 valence electrons. The molecule has 0 aliphatic rings. The average molecular weight is 583 g/mol. The van der Waals surface area contributed by atoms with Gasteiger partial charge in [-0.05, 0) is 48.9 Å². The minimum atomic E-state index is -5.03. The lowest BCUT2D eigenvalue weighted by Gasteiger charge is -2.16. The summed E-state index contributed by atoms with van der Waals surface area (Å²) < 4.78 is 83.3. The standard InChI is InChI=1S/C25H19ClF4N4O4S/c1-13(14(2)35)11-34-12-32-20-5-3-15(7-18(20)24(34)36)16-8-21(23(31-10-16)25(28,29)30)33-39(37,38)22-6-4-17(27)9-19(22)26/h3-10,12-13,33H,11H2,1-2H3. The molecule has 4 aromatic rings. The average Bonchev–Trinajstić information content (AvgIpc) is 2.84. The van der Waals surface area contributed by atoms with E-state index in [1.807, 2.05) is 4.72 Å². The molecule has 1 N–H and O–H groups in total. The molecule has 2 aromatic carbocycles. The Labute approximate surface area is 224 Å². The number of pyridine rings is 1. The lowest BCUT2D eigenvalue weighted by atomic mass is 10.0. The van der Waals surface area contributed by atoms with Crippen LogP contribution in [0.1, 0.15) is 19.5 Å². The van der Waals surface area contributed by atoms with Crippen molar-refractivity contribution < 1.29 is 30.8 Å². The summed E-state index contributed by atoms with van der Waals surface area (Å²) in [5, 5.41) is -0.400. The number of nitrogens with zero attached hydrogens (tertiary/aromatic N) is 3. The van der Waals surface area contributed by atoms with Gasteiger partial charge in [0.2, 0.25) is 0 Å². The molecular formula is C25H19ClF4N4O4S. The summed E-state index contributed by atoms with van der Waals surface area (Å²) in [5.41, 5.74) is -2.28. The van der Waals surface area contributed by atoms with E-state index in [2.05, 4.69) is 9.97 Å². The Morgan fingerprint density at radius 1 is 1.10 bits per heavy atom. The highest BCUT2D eigenvalue weighted by Crippen LogP contribution is 2.37. The molecular weight excluding hydrogens is 564 g/mol. The van der Waals surface area contributed by atoms with E-state index < -0.39 is 54.8 Å². The number of carbonyl (C=O) groups is 1. The summed E-state index contributed by atoms with van der Waals surface area (Å²) in [6.07, 6.45) is -2.84. The van der Waals surface area contributed by atoms with Crippen LogP contribution in [0.3, 0.4) is 0 Å². The van der Waals surface area contributed by atoms with Crippen LogP contribution in [0.2, 0.25) is 5.02 Å². The van der Waals surface area contributed by atoms with E-state index in [9.17, 15) is 35.6 Å². The van der Waals surface area contributed by atoms with Crippen LogP contribution in [0.25, 0.3) is 22.0 Å². The first-order chi connectivity index (χ1) is 18.2. The molecule has 0 saturated carbocycles. The lowest BCUT2D eigenvalue weighted by Crippen LogP contribution is -2.26. The molecule has 14 heteroatoms. The second-order valence-corrected chi connectivity index (χ2v) is 10.8. The number of benzene rings is 2. The Morgan fingerprint density at radius 3 is 2.46 bits per heavy atom. The van der Waals surface area contributed by atoms with Gasteiger partial charge in [-0.2, -0.15) is 13.2 Å². The predicted octanol–water partition coefficient (Wildman–Crippen LogP) is 5.30. The zero-order chi connectivity index (χ0) is 28.7. The number of halogens is 5. The number of anilines is 1. The van der Waals surface area contributed by atoms with Gasteiger partial charge in [-0.25, -0.2) is 22.8 Å². The Hall–Kier alpha value is -3.84. The van der Waals surface area contributed by atoms with E-state index in [-0.39, 0.29) is 28.8 Å². The van der Waals surface area contributed by atoms with Crippen LogP contribution in [0.15, 0.2) is 64.7 Å². The zero-order valence-electron chi connectivity index (χ0n) is 20.3. The van der Waals surface area contributed by atoms with Gasteiger partial charge in [0.1, 0.15) is 16.5 Å². The fourth-order valence-corrected chi connectivity index (χ4v) is 5.30. The van der Waals surface area contributed by atoms with E-state index in [4.69, 9.17) is 11.6 Å². The third-order valence-electron chi connectivity index (χ3n) is 5.91. The van der Waals surface area contributed by atoms with Crippen LogP contribution < -0.4 is 10.3 Å². The number of aromatic nitrogens is 3. The van der Waals surface area contributed by atoms with Gasteiger partial charge in [0, 0.05) is 24.2 Å². The zero-order valence-corrected chi connectivity index (χ0v) is 21.8. The molecule has 1 atom stereocenters. The number of hydrogen-bond acceptors (Lipinski definition) is 6. The number of Topliss-reactive ketones (excluding diaryl/α,β-unsaturated/α-hetero) is 1. The fraction of sp³-hybridized carbons (Fsp3) is 0.200. The normalized spacial score (nSPS) is 12.9. The molecule has 39 heavy (non-hydrogen) atoms. The predicted molar refractivity (Wildman–Crippen MR) is 136 cm³/mol. The first kappa shape index (κ1) is 28.2. The van der Waals surface area contributed by atoms with Gasteiger partial charge in [0.15, 0.2) is 5.69 Å². The largest absolute Gasteiger partial charge is 0.435 e. The maximum absolute atomic E-state index is 13.7. The maximum Gasteiger partial charge on any atom is 0.435 e. The second-order valence-electron chi connectivity index (χ2n) is 8.74. The van der Waals surface area contributed by atoms with Gasteiger partial charge in [-0.3, -0.25) is 18.9 Å². The number of fused-ring (bicyclic) bond motifs is 1. The lowest BCUT2D eigenvalue weighted by molar-refractivity contribution is -0.140. The molecule has 4 rings (SSSR count). The van der Waals surface area contributed by atoms with E-state index in [0.717, 1.165) is 24.4 Å². The highest BCUT2D eigenvalue weighted by atomic mass is 35.5. The Balaban J connectivity index is 1.81. The molecule has 1 unspecified atom stereocenters. The summed E-state index contributed by atoms with van der Waals surface area (Å²) in [4.78, 5) is 31.7. The molecule has 0 bridgehead atoms. The first-order valence-corrected chi connectivity index (χ1v) is 13.1. The van der Waals surface area contributed by atoms with Crippen molar-refractivity contribution in [2.45, 2.75) is 31.5 Å². The number of sulfonamides is 1. The van der Waals surface area contributed by atoms with Crippen LogP contribution in [0.4, 0.5) is 23.2 Å². The number of alkyl halides is 3. The number of ketones is 1. The summed E-state index contributed by atoms with van der Waals surface area (Å²) in [7, 11) is -4.69. The molecule has 2 aromatic heterocycles. The number of carbonyl (C=O) groups excluding carboxylic acids is 1. The van der Waals surface area contributed by atoms with Crippen molar-refractivity contribution >= 4 is 44.0 Å². The summed E-state index contributed by atoms with van der Waals surface area (Å²) in [6, 6.07) is 7.59. The molecule has 0 aliphatic heterocycles. The Bertz CT molecular complexity index is 1770. The Kier molecular flexibility index (Phi) is 7.50. The SMILES string of the molecule is CC(=O)C(C)Cn1cnc2ccc(-c3cnc(C(F)(F)F)c(NS(=O)(=O)c4ccc(F)cc4Cl)c3)cc2c1=O. The third kappa shape index (κ3) is 5.93. The smallest absolute Gasteiger partial charge is 0.300 e. The minimum Gasteiger partial charge on any atom is -0.300 e. The number of rotatable bonds is 7. The molecule has 0 spiro atoms. The molecule has 2 heterocycles. The first-order valence-electron chi connectivity index (χ1n) is 11.2. The van der Waals surface area contributed by atoms with E-state index >= 15 is 0 Å². The topological polar surface area (TPSA) is 111 Å². The van der Waals surface area contributed by atoms with Crippen molar-refractivity contribution in [1.29, 1.82) is 0 Å². The second kappa shape index (κ2) is 10.4. The van der Waals surface area contributed by atoms with Crippen molar-refractivity contribution in [2.75, 3.05) is 4.72 Å². The minimum absolute atomic E-state index is 0.0553. The van der Waals surface area contributed by atoms with E-state index in [1.54, 1.807) is 6.92 Å². The van der Waals surface area contributed by atoms with Gasteiger partial charge in [0.05, 0.1) is 27.9 Å². The van der Waals surface area contributed by atoms with Crippen LogP contribution in [0.5, 0.6) is 0 Å². The fourth-order valence-electron chi connectivity index (χ4n) is 3.71. The van der Waals surface area contributed by atoms with Gasteiger partial charge in [0.25, 0.3) is 15.6 Å². The maximum atomic E-state index is 13.7. The van der Waals surface area contributed by atoms with E-state index in [0.29, 0.717) is 11.6 Å². The highest BCUT2D eigenvalue weighted by molar-refractivity contribution is 7.92. The molecule has 0 saturated heterocycles. The third-order valence-corrected chi connectivity index (χ3v) is 7.75. The van der Waals surface area contributed by atoms with E-state index in [1.165, 1.54) is 36.0 Å². The van der Waals surface area contributed by atoms with Crippen LogP contribution >= 0.6 is 11.6 Å². The number of nitrogens with one attached hydrogen (secondary N) is 1. The summed E-state index contributed by atoms with van der Waals surface area (Å²) >= 11 is 5.82. The van der Waals surface area contributed by atoms with Crippen LogP contribution in [-0.2, 0) is 27.5 Å². The number of hydrogen-bond donors (Lipinski definition) is 1. The van der Waals surface area contributed by atoms with Crippen molar-refractivity contribution in [3.8, 4) is 11.1 Å². The van der Waals surface area contributed by atoms with Crippen LogP contribution in [-0.4, -0.2) is 28.7 Å². The van der Waals surface area contributed by atoms with Crippen LogP contribution in [0, 0.1) is 11.7 Å². The van der Waals surface area contributed by atoms with Gasteiger partial charge >= 0.3 is 6.18 Å². The van der Waals surface area contributed by atoms with Gasteiger partial charge in [-0.1, -0.05) is 24.6 Å². The molecule has 0 radical (unpaired) electrons. The Morgan fingerprint density at radius 2 is 1.82 bits per heavy atom. The molecule has 8 nitrogen and oxygen atoms in total. The molecule has 0 fully saturated rings. The van der Waals surface area contributed by atoms with Crippen molar-refractivity contribution in [1.82, 2.24) is 14.5 Å². The van der Waals surface area contributed by atoms with Gasteiger partial charge in [-0.15, -0.1) is 0 Å². The molecule has 0 amide bonds. The van der Waals surface area contributed by atoms with Crippen molar-refractivity contribution in [3.05, 3.63) is 81.9 Å². The molecule has 0 aliphatic carbocycles. The van der Waals surface area contributed by atoms with Crippen molar-refractivity contribution in [3.63, 3.8) is 0 Å².